The van der Waals surface area contributed by atoms with Gasteiger partial charge in [0, 0.05) is 31.8 Å². The Hall–Kier alpha value is -2.51. The molecule has 30 heavy (non-hydrogen) atoms. The van der Waals surface area contributed by atoms with Gasteiger partial charge in [-0.15, -0.1) is 0 Å². The summed E-state index contributed by atoms with van der Waals surface area (Å²) < 4.78 is 6.00. The van der Waals surface area contributed by atoms with Crippen molar-refractivity contribution in [3.8, 4) is 5.75 Å². The monoisotopic (exact) mass is 434 g/mol. The number of aliphatic hydroxyl groups is 1. The van der Waals surface area contributed by atoms with E-state index in [-0.39, 0.29) is 19.4 Å². The number of carbonyl (C=O) groups excluding carboxylic acids is 1. The molecule has 1 N–H and O–H groups in total. The summed E-state index contributed by atoms with van der Waals surface area (Å²) in [6.45, 7) is 13.4. The number of carbonyl (C=O) groups is 1. The van der Waals surface area contributed by atoms with E-state index in [4.69, 9.17) is 16.3 Å². The number of hydrogen-bond donors (Lipinski definition) is 1. The molecule has 0 bridgehead atoms. The predicted molar refractivity (Wildman–Crippen MR) is 120 cm³/mol. The second-order valence-corrected chi connectivity index (χ2v) is 7.96. The lowest BCUT2D eigenvalue weighted by atomic mass is 10.1. The Labute approximate surface area is 183 Å². The number of halogens is 1. The van der Waals surface area contributed by atoms with Crippen molar-refractivity contribution in [3.05, 3.63) is 53.1 Å². The van der Waals surface area contributed by atoms with Crippen LogP contribution in [0.2, 0.25) is 5.02 Å². The Morgan fingerprint density at radius 3 is 2.70 bits per heavy atom. The molecule has 2 amide bonds. The van der Waals surface area contributed by atoms with Gasteiger partial charge in [-0.3, -0.25) is 9.80 Å². The number of aliphatic hydroxyl groups excluding tert-OH is 1. The topological polar surface area (TPSA) is 68.6 Å². The summed E-state index contributed by atoms with van der Waals surface area (Å²) >= 11 is 6.07. The molecule has 1 heterocycles. The van der Waals surface area contributed by atoms with Gasteiger partial charge in [-0.25, -0.2) is 9.79 Å². The fraction of sp³-hybridized carbons (Fsp3) is 0.455. The lowest BCUT2D eigenvalue weighted by Crippen LogP contribution is -2.48. The molecular weight excluding hydrogens is 404 g/mol. The van der Waals surface area contributed by atoms with Crippen molar-refractivity contribution in [1.29, 1.82) is 0 Å². The van der Waals surface area contributed by atoms with Crippen LogP contribution < -0.4 is 4.74 Å². The summed E-state index contributed by atoms with van der Waals surface area (Å²) in [5, 5.41) is 9.82. The van der Waals surface area contributed by atoms with Crippen LogP contribution in [0.1, 0.15) is 26.7 Å². The molecule has 0 spiro atoms. The number of hydrogen-bond acceptors (Lipinski definition) is 5. The average Bonchev–Trinajstić information content (AvgIpc) is 2.71. The normalized spacial score (nSPS) is 14.6. The van der Waals surface area contributed by atoms with Crippen molar-refractivity contribution in [1.82, 2.24) is 14.7 Å². The third-order valence-corrected chi connectivity index (χ3v) is 5.05. The van der Waals surface area contributed by atoms with E-state index in [9.17, 15) is 9.90 Å². The van der Waals surface area contributed by atoms with Crippen LogP contribution in [0, 0.1) is 5.92 Å². The van der Waals surface area contributed by atoms with E-state index in [0.717, 1.165) is 6.42 Å². The van der Waals surface area contributed by atoms with Gasteiger partial charge in [0.25, 0.3) is 0 Å². The number of urea groups is 1. The minimum Gasteiger partial charge on any atom is -0.473 e. The average molecular weight is 435 g/mol. The van der Waals surface area contributed by atoms with Crippen LogP contribution in [-0.2, 0) is 0 Å². The van der Waals surface area contributed by atoms with Crippen LogP contribution in [-0.4, -0.2) is 66.0 Å². The Kier molecular flexibility index (Phi) is 8.74. The molecule has 0 atom stereocenters. The highest BCUT2D eigenvalue weighted by Crippen LogP contribution is 2.31. The molecule has 0 fully saturated rings. The summed E-state index contributed by atoms with van der Waals surface area (Å²) in [6, 6.07) is 6.96. The first-order valence-corrected chi connectivity index (χ1v) is 10.4. The Morgan fingerprint density at radius 1 is 1.37 bits per heavy atom. The summed E-state index contributed by atoms with van der Waals surface area (Å²) in [5.41, 5.74) is 1.21. The molecule has 0 unspecified atom stereocenters. The molecule has 1 aromatic carbocycles. The first kappa shape index (κ1) is 23.8. The van der Waals surface area contributed by atoms with Crippen LogP contribution in [0.4, 0.5) is 4.79 Å². The van der Waals surface area contributed by atoms with Crippen molar-refractivity contribution < 1.29 is 14.6 Å². The van der Waals surface area contributed by atoms with Crippen molar-refractivity contribution in [2.45, 2.75) is 26.7 Å². The summed E-state index contributed by atoms with van der Waals surface area (Å²) in [6.07, 6.45) is 1.36. The van der Waals surface area contributed by atoms with E-state index in [1.165, 1.54) is 4.90 Å². The zero-order chi connectivity index (χ0) is 22.3. The Balaban J connectivity index is 2.38. The lowest BCUT2D eigenvalue weighted by molar-refractivity contribution is 0.132. The SMILES string of the molecule is C=NC1=C(N(CCC(C)C)COc2cccc(Cl)c2)C(=C)N(CCCO)C(=O)N1C. The van der Waals surface area contributed by atoms with E-state index in [2.05, 4.69) is 32.1 Å². The van der Waals surface area contributed by atoms with Crippen molar-refractivity contribution in [2.75, 3.05) is 33.5 Å². The third-order valence-electron chi connectivity index (χ3n) is 4.81. The fourth-order valence-corrected chi connectivity index (χ4v) is 3.31. The second kappa shape index (κ2) is 11.0. The Morgan fingerprint density at radius 2 is 2.10 bits per heavy atom. The standard InChI is InChI=1S/C22H31ClN4O3/c1-16(2)10-12-26(15-30-19-9-6-8-18(23)14-19)20-17(3)27(11-7-13-28)22(29)25(5)21(20)24-4/h6,8-9,14,16,28H,3-4,7,10-13,15H2,1-2,5H3. The van der Waals surface area contributed by atoms with E-state index in [0.29, 0.717) is 53.4 Å². The molecule has 0 saturated heterocycles. The first-order chi connectivity index (χ1) is 14.3. The van der Waals surface area contributed by atoms with Crippen LogP contribution >= 0.6 is 11.6 Å². The number of benzene rings is 1. The second-order valence-electron chi connectivity index (χ2n) is 7.52. The summed E-state index contributed by atoms with van der Waals surface area (Å²) in [4.78, 5) is 21.9. The molecule has 2 rings (SSSR count). The minimum absolute atomic E-state index is 0.0126. The largest absolute Gasteiger partial charge is 0.473 e. The zero-order valence-electron chi connectivity index (χ0n) is 18.0. The molecule has 1 aliphatic rings. The van der Waals surface area contributed by atoms with Gasteiger partial charge in [-0.2, -0.15) is 0 Å². The van der Waals surface area contributed by atoms with Crippen molar-refractivity contribution in [3.63, 3.8) is 0 Å². The third kappa shape index (κ3) is 5.77. The van der Waals surface area contributed by atoms with Gasteiger partial charge in [0.1, 0.15) is 11.4 Å². The number of nitrogens with zero attached hydrogens (tertiary/aromatic N) is 4. The summed E-state index contributed by atoms with van der Waals surface area (Å²) in [7, 11) is 1.66. The molecule has 0 radical (unpaired) electrons. The van der Waals surface area contributed by atoms with E-state index in [1.807, 2.05) is 17.0 Å². The highest BCUT2D eigenvalue weighted by Gasteiger charge is 2.35. The number of amides is 2. The van der Waals surface area contributed by atoms with Gasteiger partial charge >= 0.3 is 6.03 Å². The minimum atomic E-state index is -0.251. The highest BCUT2D eigenvalue weighted by molar-refractivity contribution is 6.30. The molecule has 164 valence electrons. The van der Waals surface area contributed by atoms with Crippen LogP contribution in [0.5, 0.6) is 5.75 Å². The highest BCUT2D eigenvalue weighted by atomic mass is 35.5. The van der Waals surface area contributed by atoms with Gasteiger partial charge in [0.2, 0.25) is 0 Å². The quantitative estimate of drug-likeness (QED) is 0.419. The van der Waals surface area contributed by atoms with Gasteiger partial charge in [-0.1, -0.05) is 38.1 Å². The molecule has 8 heteroatoms. The maximum atomic E-state index is 12.8. The van der Waals surface area contributed by atoms with Gasteiger partial charge in [0.15, 0.2) is 12.6 Å². The molecule has 1 aromatic rings. The molecule has 1 aliphatic heterocycles. The fourth-order valence-electron chi connectivity index (χ4n) is 3.13. The molecular formula is C22H31ClN4O3. The van der Waals surface area contributed by atoms with Crippen molar-refractivity contribution in [2.24, 2.45) is 10.9 Å². The van der Waals surface area contributed by atoms with Crippen LogP contribution in [0.25, 0.3) is 0 Å². The van der Waals surface area contributed by atoms with Crippen molar-refractivity contribution >= 4 is 24.3 Å². The van der Waals surface area contributed by atoms with Crippen LogP contribution in [0.3, 0.4) is 0 Å². The maximum absolute atomic E-state index is 12.8. The van der Waals surface area contributed by atoms with Gasteiger partial charge in [-0.05, 0) is 43.7 Å². The van der Waals surface area contributed by atoms with Crippen LogP contribution in [0.15, 0.2) is 53.1 Å². The number of ether oxygens (including phenoxy) is 1. The molecule has 0 aliphatic carbocycles. The van der Waals surface area contributed by atoms with E-state index < -0.39 is 0 Å². The van der Waals surface area contributed by atoms with E-state index >= 15 is 0 Å². The zero-order valence-corrected chi connectivity index (χ0v) is 18.7. The molecule has 0 aromatic heterocycles. The molecule has 0 saturated carbocycles. The smallest absolute Gasteiger partial charge is 0.329 e. The molecule has 7 nitrogen and oxygen atoms in total. The van der Waals surface area contributed by atoms with Gasteiger partial charge < -0.3 is 14.7 Å². The number of aliphatic imine (C=N–C) groups is 1. The first-order valence-electron chi connectivity index (χ1n) is 9.99. The maximum Gasteiger partial charge on any atom is 0.329 e. The van der Waals surface area contributed by atoms with E-state index in [1.54, 1.807) is 24.1 Å². The lowest BCUT2D eigenvalue weighted by Gasteiger charge is -2.40. The Bertz CT molecular complexity index is 809. The predicted octanol–water partition coefficient (Wildman–Crippen LogP) is 4.16. The van der Waals surface area contributed by atoms with Gasteiger partial charge in [0.05, 0.1) is 5.70 Å². The summed E-state index contributed by atoms with van der Waals surface area (Å²) in [5.74, 6) is 1.55. The number of rotatable bonds is 11.